The first kappa shape index (κ1) is 11.7. The van der Waals surface area contributed by atoms with Crippen molar-refractivity contribution in [3.05, 3.63) is 18.6 Å². The number of piperidine rings is 1. The molecule has 2 saturated heterocycles. The molecule has 2 aliphatic heterocycles. The van der Waals surface area contributed by atoms with Crippen LogP contribution in [0.1, 0.15) is 6.42 Å². The van der Waals surface area contributed by atoms with Crippen molar-refractivity contribution in [2.75, 3.05) is 24.6 Å². The lowest BCUT2D eigenvalue weighted by Gasteiger charge is -2.41. The molecule has 0 bridgehead atoms. The second kappa shape index (κ2) is 4.45. The average Bonchev–Trinajstić information content (AvgIpc) is 2.94. The molecule has 1 amide bonds. The number of anilines is 1. The summed E-state index contributed by atoms with van der Waals surface area (Å²) in [5.74, 6) is 0.846. The topological polar surface area (TPSA) is 83.1 Å². The predicted octanol–water partition coefficient (Wildman–Crippen LogP) is 0.0516. The highest BCUT2D eigenvalue weighted by Crippen LogP contribution is 2.26. The van der Waals surface area contributed by atoms with Gasteiger partial charge in [0.25, 0.3) is 0 Å². The van der Waals surface area contributed by atoms with Crippen LogP contribution >= 0.6 is 0 Å². The summed E-state index contributed by atoms with van der Waals surface area (Å²) < 4.78 is 5.57. The van der Waals surface area contributed by atoms with Gasteiger partial charge in [0.2, 0.25) is 5.91 Å². The molecule has 2 aromatic heterocycles. The van der Waals surface area contributed by atoms with Crippen LogP contribution in [0.5, 0.6) is 0 Å². The second-order valence-electron chi connectivity index (χ2n) is 5.19. The number of nitrogens with zero attached hydrogens (tertiary/aromatic N) is 3. The molecule has 2 aromatic rings. The fourth-order valence-corrected chi connectivity index (χ4v) is 2.99. The molecular formula is C13H15N5O2. The Morgan fingerprint density at radius 3 is 3.30 bits per heavy atom. The number of nitrogens with one attached hydrogen (secondary N) is 2. The average molecular weight is 273 g/mol. The molecule has 2 aliphatic rings. The zero-order valence-electron chi connectivity index (χ0n) is 10.9. The van der Waals surface area contributed by atoms with Crippen LogP contribution in [0.4, 0.5) is 5.82 Å². The molecule has 7 heteroatoms. The molecule has 0 saturated carbocycles. The number of H-pyrrole nitrogens is 1. The molecule has 0 spiro atoms. The number of carbonyl (C=O) groups excluding carboxylic acids is 1. The van der Waals surface area contributed by atoms with E-state index in [4.69, 9.17) is 4.74 Å². The van der Waals surface area contributed by atoms with Crippen LogP contribution in [-0.2, 0) is 9.53 Å². The zero-order valence-corrected chi connectivity index (χ0v) is 10.9. The Morgan fingerprint density at radius 2 is 2.35 bits per heavy atom. The highest BCUT2D eigenvalue weighted by molar-refractivity contribution is 5.86. The van der Waals surface area contributed by atoms with Crippen molar-refractivity contribution in [1.29, 1.82) is 0 Å². The molecule has 4 heterocycles. The van der Waals surface area contributed by atoms with Gasteiger partial charge in [-0.05, 0) is 12.5 Å². The molecule has 104 valence electrons. The van der Waals surface area contributed by atoms with Crippen molar-refractivity contribution in [3.8, 4) is 0 Å². The van der Waals surface area contributed by atoms with Crippen molar-refractivity contribution < 1.29 is 9.53 Å². The first-order chi connectivity index (χ1) is 9.81. The maximum absolute atomic E-state index is 11.4. The van der Waals surface area contributed by atoms with E-state index in [-0.39, 0.29) is 24.7 Å². The van der Waals surface area contributed by atoms with Crippen LogP contribution in [0.2, 0.25) is 0 Å². The van der Waals surface area contributed by atoms with Crippen LogP contribution < -0.4 is 10.2 Å². The minimum atomic E-state index is -0.0409. The summed E-state index contributed by atoms with van der Waals surface area (Å²) in [7, 11) is 0. The summed E-state index contributed by atoms with van der Waals surface area (Å²) >= 11 is 0. The van der Waals surface area contributed by atoms with Gasteiger partial charge in [-0.3, -0.25) is 4.79 Å². The lowest BCUT2D eigenvalue weighted by Crippen LogP contribution is -2.60. The number of rotatable bonds is 1. The van der Waals surface area contributed by atoms with E-state index < -0.39 is 0 Å². The Labute approximate surface area is 115 Å². The molecule has 0 unspecified atom stereocenters. The van der Waals surface area contributed by atoms with E-state index in [1.807, 2.05) is 12.3 Å². The third kappa shape index (κ3) is 1.82. The van der Waals surface area contributed by atoms with Crippen LogP contribution in [0.25, 0.3) is 11.0 Å². The molecule has 2 fully saturated rings. The maximum Gasteiger partial charge on any atom is 0.246 e. The number of aromatic nitrogens is 3. The van der Waals surface area contributed by atoms with E-state index in [2.05, 4.69) is 25.2 Å². The summed E-state index contributed by atoms with van der Waals surface area (Å²) in [5.41, 5.74) is 1.84. The van der Waals surface area contributed by atoms with E-state index in [0.29, 0.717) is 6.54 Å². The Kier molecular flexibility index (Phi) is 2.59. The quantitative estimate of drug-likeness (QED) is 0.767. The highest BCUT2D eigenvalue weighted by atomic mass is 16.5. The summed E-state index contributed by atoms with van der Waals surface area (Å²) in [6, 6.07) is 1.96. The molecule has 7 nitrogen and oxygen atoms in total. The van der Waals surface area contributed by atoms with E-state index >= 15 is 0 Å². The van der Waals surface area contributed by atoms with Crippen LogP contribution in [-0.4, -0.2) is 52.7 Å². The SMILES string of the molecule is O=C1CO[C@@H]2CCN(c3ncnc4cc[nH]c34)C[C@@H]2N1. The number of carbonyl (C=O) groups is 1. The normalized spacial score (nSPS) is 26.4. The number of ether oxygens (including phenoxy) is 1. The zero-order chi connectivity index (χ0) is 13.5. The molecule has 20 heavy (non-hydrogen) atoms. The number of hydrogen-bond acceptors (Lipinski definition) is 5. The fourth-order valence-electron chi connectivity index (χ4n) is 2.99. The lowest BCUT2D eigenvalue weighted by atomic mass is 10.0. The predicted molar refractivity (Wildman–Crippen MR) is 72.4 cm³/mol. The van der Waals surface area contributed by atoms with Crippen LogP contribution in [0.15, 0.2) is 18.6 Å². The van der Waals surface area contributed by atoms with Gasteiger partial charge in [0.1, 0.15) is 18.5 Å². The maximum atomic E-state index is 11.4. The van der Waals surface area contributed by atoms with Gasteiger partial charge in [-0.1, -0.05) is 0 Å². The van der Waals surface area contributed by atoms with Gasteiger partial charge in [-0.25, -0.2) is 9.97 Å². The smallest absolute Gasteiger partial charge is 0.246 e. The van der Waals surface area contributed by atoms with Crippen molar-refractivity contribution >= 4 is 22.8 Å². The van der Waals surface area contributed by atoms with Crippen molar-refractivity contribution in [3.63, 3.8) is 0 Å². The first-order valence-electron chi connectivity index (χ1n) is 6.75. The standard InChI is InChI=1S/C13H15N5O2/c19-11-6-20-10-2-4-18(5-9(10)17-11)13-12-8(1-3-14-12)15-7-16-13/h1,3,7,9-10,14H,2,4-6H2,(H,17,19)/t9-,10+/m0/s1. The number of morpholine rings is 1. The van der Waals surface area contributed by atoms with Crippen molar-refractivity contribution in [2.45, 2.75) is 18.6 Å². The van der Waals surface area contributed by atoms with Gasteiger partial charge < -0.3 is 19.9 Å². The van der Waals surface area contributed by atoms with Crippen molar-refractivity contribution in [1.82, 2.24) is 20.3 Å². The first-order valence-corrected chi connectivity index (χ1v) is 6.75. The Morgan fingerprint density at radius 1 is 1.40 bits per heavy atom. The van der Waals surface area contributed by atoms with E-state index in [1.165, 1.54) is 0 Å². The van der Waals surface area contributed by atoms with Gasteiger partial charge in [0.05, 0.1) is 17.7 Å². The number of hydrogen-bond donors (Lipinski definition) is 2. The number of amides is 1. The summed E-state index contributed by atoms with van der Waals surface area (Å²) in [4.78, 5) is 25.4. The Bertz CT molecular complexity index is 655. The minimum Gasteiger partial charge on any atom is -0.366 e. The van der Waals surface area contributed by atoms with Crippen LogP contribution in [0, 0.1) is 0 Å². The number of aromatic amines is 1. The molecule has 0 aromatic carbocycles. The largest absolute Gasteiger partial charge is 0.366 e. The van der Waals surface area contributed by atoms with Gasteiger partial charge in [0, 0.05) is 19.3 Å². The lowest BCUT2D eigenvalue weighted by molar-refractivity contribution is -0.137. The van der Waals surface area contributed by atoms with Gasteiger partial charge in [-0.2, -0.15) is 0 Å². The third-order valence-corrected chi connectivity index (χ3v) is 3.95. The Hall–Kier alpha value is -2.15. The monoisotopic (exact) mass is 273 g/mol. The van der Waals surface area contributed by atoms with Gasteiger partial charge in [0.15, 0.2) is 5.82 Å². The van der Waals surface area contributed by atoms with Crippen molar-refractivity contribution in [2.24, 2.45) is 0 Å². The number of fused-ring (bicyclic) bond motifs is 2. The van der Waals surface area contributed by atoms with E-state index in [1.54, 1.807) is 6.33 Å². The van der Waals surface area contributed by atoms with Gasteiger partial charge in [-0.15, -0.1) is 0 Å². The third-order valence-electron chi connectivity index (χ3n) is 3.95. The van der Waals surface area contributed by atoms with E-state index in [0.717, 1.165) is 29.8 Å². The summed E-state index contributed by atoms with van der Waals surface area (Å²) in [6.45, 7) is 1.75. The fraction of sp³-hybridized carbons (Fsp3) is 0.462. The molecule has 0 radical (unpaired) electrons. The van der Waals surface area contributed by atoms with Gasteiger partial charge >= 0.3 is 0 Å². The second-order valence-corrected chi connectivity index (χ2v) is 5.19. The summed E-state index contributed by atoms with van der Waals surface area (Å²) in [5, 5.41) is 3.00. The molecule has 0 aliphatic carbocycles. The van der Waals surface area contributed by atoms with E-state index in [9.17, 15) is 4.79 Å². The summed E-state index contributed by atoms with van der Waals surface area (Å²) in [6.07, 6.45) is 4.44. The molecule has 2 atom stereocenters. The molecular weight excluding hydrogens is 258 g/mol. The van der Waals surface area contributed by atoms with Crippen LogP contribution in [0.3, 0.4) is 0 Å². The minimum absolute atomic E-state index is 0.0324. The molecule has 4 rings (SSSR count). The molecule has 2 N–H and O–H groups in total. The Balaban J connectivity index is 1.63. The highest BCUT2D eigenvalue weighted by Gasteiger charge is 2.35.